The monoisotopic (exact) mass is 391 g/mol. The first kappa shape index (κ1) is 19.5. The number of nitrogens with one attached hydrogen (secondary N) is 1. The van der Waals surface area contributed by atoms with E-state index >= 15 is 0 Å². The van der Waals surface area contributed by atoms with Crippen molar-refractivity contribution >= 4 is 16.9 Å². The number of rotatable bonds is 4. The van der Waals surface area contributed by atoms with Crippen molar-refractivity contribution < 1.29 is 9.53 Å². The van der Waals surface area contributed by atoms with Crippen LogP contribution in [-0.4, -0.2) is 28.6 Å². The molecule has 4 rings (SSSR count). The molecule has 2 aromatic carbocycles. The average molecular weight is 392 g/mol. The molecule has 0 radical (unpaired) electrons. The number of benzene rings is 2. The van der Waals surface area contributed by atoms with Gasteiger partial charge in [-0.3, -0.25) is 9.36 Å². The largest absolute Gasteiger partial charge is 0.497 e. The normalized spacial score (nSPS) is 21.9. The predicted octanol–water partition coefficient (Wildman–Crippen LogP) is 4.90. The van der Waals surface area contributed by atoms with Crippen LogP contribution in [0.4, 0.5) is 0 Å². The standard InChI is InChI=1S/C24H29N3O2/c1-15-6-5-7-21(16(15)2)26-24(28)18-8-13-23-22(14-18)25-17(3)27(23)19-9-11-20(29-4)12-10-19/h8-16,21H,5-7H2,1-4H3,(H,26,28)/t15-,16-,21-/m1/s1. The molecule has 1 heterocycles. The third kappa shape index (κ3) is 3.74. The highest BCUT2D eigenvalue weighted by Crippen LogP contribution is 2.30. The van der Waals surface area contributed by atoms with Crippen LogP contribution in [0, 0.1) is 18.8 Å². The molecule has 152 valence electrons. The van der Waals surface area contributed by atoms with Gasteiger partial charge in [-0.25, -0.2) is 4.98 Å². The molecule has 1 saturated carbocycles. The fourth-order valence-corrected chi connectivity index (χ4v) is 4.44. The first-order valence-electron chi connectivity index (χ1n) is 10.4. The Labute approximate surface area is 172 Å². The number of nitrogens with zero attached hydrogens (tertiary/aromatic N) is 2. The zero-order valence-electron chi connectivity index (χ0n) is 17.6. The molecule has 0 saturated heterocycles. The summed E-state index contributed by atoms with van der Waals surface area (Å²) in [6.07, 6.45) is 3.49. The second-order valence-electron chi connectivity index (χ2n) is 8.24. The number of methoxy groups -OCH3 is 1. The fourth-order valence-electron chi connectivity index (χ4n) is 4.44. The number of imidazole rings is 1. The first-order valence-corrected chi connectivity index (χ1v) is 10.4. The Balaban J connectivity index is 1.60. The van der Waals surface area contributed by atoms with Gasteiger partial charge in [0.05, 0.1) is 18.1 Å². The number of hydrogen-bond donors (Lipinski definition) is 1. The summed E-state index contributed by atoms with van der Waals surface area (Å²) in [5, 5.41) is 3.26. The summed E-state index contributed by atoms with van der Waals surface area (Å²) in [6.45, 7) is 6.51. The molecular weight excluding hydrogens is 362 g/mol. The molecule has 0 spiro atoms. The molecule has 5 nitrogen and oxygen atoms in total. The zero-order valence-corrected chi connectivity index (χ0v) is 17.6. The van der Waals surface area contributed by atoms with Crippen molar-refractivity contribution in [2.75, 3.05) is 7.11 Å². The molecule has 0 aliphatic heterocycles. The molecule has 3 aromatic rings. The average Bonchev–Trinajstić information content (AvgIpc) is 3.06. The van der Waals surface area contributed by atoms with E-state index in [-0.39, 0.29) is 11.9 Å². The minimum Gasteiger partial charge on any atom is -0.497 e. The van der Waals surface area contributed by atoms with Gasteiger partial charge in [0, 0.05) is 17.3 Å². The lowest BCUT2D eigenvalue weighted by atomic mass is 9.78. The topological polar surface area (TPSA) is 56.2 Å². The molecule has 0 unspecified atom stereocenters. The van der Waals surface area contributed by atoms with E-state index in [2.05, 4.69) is 23.7 Å². The summed E-state index contributed by atoms with van der Waals surface area (Å²) in [4.78, 5) is 17.6. The lowest BCUT2D eigenvalue weighted by Gasteiger charge is -2.34. The van der Waals surface area contributed by atoms with Crippen LogP contribution in [-0.2, 0) is 0 Å². The summed E-state index contributed by atoms with van der Waals surface area (Å²) in [5.74, 6) is 2.86. The van der Waals surface area contributed by atoms with Crippen LogP contribution >= 0.6 is 0 Å². The first-order chi connectivity index (χ1) is 14.0. The van der Waals surface area contributed by atoms with Gasteiger partial charge in [-0.05, 0) is 67.6 Å². The van der Waals surface area contributed by atoms with Crippen LogP contribution in [0.2, 0.25) is 0 Å². The van der Waals surface area contributed by atoms with Gasteiger partial charge in [0.1, 0.15) is 11.6 Å². The van der Waals surface area contributed by atoms with E-state index in [1.807, 2.05) is 49.4 Å². The number of aryl methyl sites for hydroxylation is 1. The number of fused-ring (bicyclic) bond motifs is 1. The maximum absolute atomic E-state index is 12.9. The summed E-state index contributed by atoms with van der Waals surface area (Å²) >= 11 is 0. The maximum atomic E-state index is 12.9. The van der Waals surface area contributed by atoms with Gasteiger partial charge >= 0.3 is 0 Å². The van der Waals surface area contributed by atoms with Crippen molar-refractivity contribution in [2.45, 2.75) is 46.1 Å². The van der Waals surface area contributed by atoms with Crippen molar-refractivity contribution in [3.63, 3.8) is 0 Å². The van der Waals surface area contributed by atoms with Gasteiger partial charge in [-0.1, -0.05) is 26.7 Å². The Morgan fingerprint density at radius 1 is 1.14 bits per heavy atom. The Morgan fingerprint density at radius 2 is 1.90 bits per heavy atom. The summed E-state index contributed by atoms with van der Waals surface area (Å²) in [7, 11) is 1.66. The van der Waals surface area contributed by atoms with Crippen molar-refractivity contribution in [2.24, 2.45) is 11.8 Å². The van der Waals surface area contributed by atoms with Gasteiger partial charge in [0.25, 0.3) is 5.91 Å². The fraction of sp³-hybridized carbons (Fsp3) is 0.417. The van der Waals surface area contributed by atoms with E-state index in [0.717, 1.165) is 34.7 Å². The van der Waals surface area contributed by atoms with Gasteiger partial charge in [-0.15, -0.1) is 0 Å². The van der Waals surface area contributed by atoms with Gasteiger partial charge in [0.15, 0.2) is 0 Å². The zero-order chi connectivity index (χ0) is 20.5. The lowest BCUT2D eigenvalue weighted by molar-refractivity contribution is 0.0891. The van der Waals surface area contributed by atoms with Crippen LogP contribution in [0.3, 0.4) is 0 Å². The van der Waals surface area contributed by atoms with Crippen molar-refractivity contribution in [3.05, 3.63) is 53.9 Å². The Hall–Kier alpha value is -2.82. The van der Waals surface area contributed by atoms with E-state index in [9.17, 15) is 4.79 Å². The molecule has 1 fully saturated rings. The number of hydrogen-bond acceptors (Lipinski definition) is 3. The second-order valence-corrected chi connectivity index (χ2v) is 8.24. The molecule has 1 aromatic heterocycles. The van der Waals surface area contributed by atoms with Crippen LogP contribution in [0.5, 0.6) is 5.75 Å². The SMILES string of the molecule is COc1ccc(-n2c(C)nc3cc(C(=O)N[C@@H]4CCC[C@@H](C)[C@H]4C)ccc32)cc1. The number of ether oxygens (including phenoxy) is 1. The molecule has 1 aliphatic carbocycles. The van der Waals surface area contributed by atoms with Gasteiger partial charge in [0.2, 0.25) is 0 Å². The van der Waals surface area contributed by atoms with Crippen molar-refractivity contribution in [1.82, 2.24) is 14.9 Å². The van der Waals surface area contributed by atoms with E-state index in [1.165, 1.54) is 12.8 Å². The van der Waals surface area contributed by atoms with Crippen molar-refractivity contribution in [3.8, 4) is 11.4 Å². The second kappa shape index (κ2) is 7.90. The Morgan fingerprint density at radius 3 is 2.62 bits per heavy atom. The maximum Gasteiger partial charge on any atom is 0.251 e. The molecular formula is C24H29N3O2. The summed E-state index contributed by atoms with van der Waals surface area (Å²) < 4.78 is 7.35. The molecule has 29 heavy (non-hydrogen) atoms. The van der Waals surface area contributed by atoms with Crippen LogP contribution < -0.4 is 10.1 Å². The molecule has 3 atom stereocenters. The quantitative estimate of drug-likeness (QED) is 0.688. The van der Waals surface area contributed by atoms with E-state index in [1.54, 1.807) is 7.11 Å². The third-order valence-electron chi connectivity index (χ3n) is 6.44. The highest BCUT2D eigenvalue weighted by atomic mass is 16.5. The van der Waals surface area contributed by atoms with E-state index < -0.39 is 0 Å². The number of aromatic nitrogens is 2. The molecule has 1 aliphatic rings. The van der Waals surface area contributed by atoms with Crippen LogP contribution in [0.1, 0.15) is 49.3 Å². The lowest BCUT2D eigenvalue weighted by Crippen LogP contribution is -2.43. The van der Waals surface area contributed by atoms with Crippen molar-refractivity contribution in [1.29, 1.82) is 0 Å². The number of carbonyl (C=O) groups excluding carboxylic acids is 1. The highest BCUT2D eigenvalue weighted by Gasteiger charge is 2.28. The van der Waals surface area contributed by atoms with Gasteiger partial charge < -0.3 is 10.1 Å². The minimum absolute atomic E-state index is 0.00509. The van der Waals surface area contributed by atoms with Crippen LogP contribution in [0.25, 0.3) is 16.7 Å². The summed E-state index contributed by atoms with van der Waals surface area (Å²) in [6, 6.07) is 13.9. The van der Waals surface area contributed by atoms with E-state index in [0.29, 0.717) is 17.4 Å². The molecule has 1 amide bonds. The molecule has 1 N–H and O–H groups in total. The number of carbonyl (C=O) groups is 1. The predicted molar refractivity (Wildman–Crippen MR) is 116 cm³/mol. The summed E-state index contributed by atoms with van der Waals surface area (Å²) in [5.41, 5.74) is 3.51. The minimum atomic E-state index is -0.00509. The Kier molecular flexibility index (Phi) is 5.31. The van der Waals surface area contributed by atoms with E-state index in [4.69, 9.17) is 9.72 Å². The molecule has 5 heteroatoms. The highest BCUT2D eigenvalue weighted by molar-refractivity contribution is 5.97. The smallest absolute Gasteiger partial charge is 0.251 e. The van der Waals surface area contributed by atoms with Gasteiger partial charge in [-0.2, -0.15) is 0 Å². The van der Waals surface area contributed by atoms with Crippen LogP contribution in [0.15, 0.2) is 42.5 Å². The molecule has 0 bridgehead atoms. The number of amides is 1. The third-order valence-corrected chi connectivity index (χ3v) is 6.44. The Bertz CT molecular complexity index is 1020.